The van der Waals surface area contributed by atoms with Crippen molar-refractivity contribution in [2.45, 2.75) is 53.9 Å². The smallest absolute Gasteiger partial charge is 0.149 e. The summed E-state index contributed by atoms with van der Waals surface area (Å²) in [6, 6.07) is 13.2. The van der Waals surface area contributed by atoms with Crippen LogP contribution in [-0.2, 0) is 0 Å². The van der Waals surface area contributed by atoms with Crippen molar-refractivity contribution < 1.29 is 0 Å². The molecule has 1 N–H and O–H groups in total. The van der Waals surface area contributed by atoms with Gasteiger partial charge in [0.25, 0.3) is 0 Å². The summed E-state index contributed by atoms with van der Waals surface area (Å²) in [5.41, 5.74) is 8.40. The summed E-state index contributed by atoms with van der Waals surface area (Å²) in [5.74, 6) is 1.13. The summed E-state index contributed by atoms with van der Waals surface area (Å²) in [5, 5.41) is 5.97. The van der Waals surface area contributed by atoms with Gasteiger partial charge in [-0.05, 0) is 57.9 Å². The van der Waals surface area contributed by atoms with Crippen LogP contribution >= 0.6 is 0 Å². The van der Waals surface area contributed by atoms with Crippen LogP contribution < -0.4 is 5.32 Å². The predicted octanol–water partition coefficient (Wildman–Crippen LogP) is 5.91. The standard InChI is InChI=1S/C26H32N4/c1-7-12-27-15-19(5)24-23-21-10-8-9-11-22(21)30(26(23)29-20(6)28-24)25-17(3)13-16(2)14-18(25)4/h8-11,13-14,19,27H,7,12,15H2,1-6H3. The fraction of sp³-hybridized carbons (Fsp3) is 0.385. The van der Waals surface area contributed by atoms with E-state index < -0.39 is 0 Å². The Morgan fingerprint density at radius 3 is 2.40 bits per heavy atom. The molecule has 4 nitrogen and oxygen atoms in total. The Morgan fingerprint density at radius 2 is 1.70 bits per heavy atom. The summed E-state index contributed by atoms with van der Waals surface area (Å²) in [4.78, 5) is 9.90. The van der Waals surface area contributed by atoms with Gasteiger partial charge < -0.3 is 5.32 Å². The molecule has 156 valence electrons. The van der Waals surface area contributed by atoms with Gasteiger partial charge in [0.05, 0.1) is 16.9 Å². The van der Waals surface area contributed by atoms with Crippen LogP contribution in [0.2, 0.25) is 0 Å². The van der Waals surface area contributed by atoms with Crippen LogP contribution in [0.4, 0.5) is 0 Å². The van der Waals surface area contributed by atoms with Crippen molar-refractivity contribution >= 4 is 21.9 Å². The first kappa shape index (κ1) is 20.5. The zero-order chi connectivity index (χ0) is 21.4. The molecule has 0 radical (unpaired) electrons. The first-order valence-electron chi connectivity index (χ1n) is 11.0. The van der Waals surface area contributed by atoms with Gasteiger partial charge in [0.2, 0.25) is 0 Å². The number of aryl methyl sites for hydroxylation is 4. The second-order valence-electron chi connectivity index (χ2n) is 8.56. The van der Waals surface area contributed by atoms with Crippen LogP contribution in [0, 0.1) is 27.7 Å². The number of nitrogens with one attached hydrogen (secondary N) is 1. The van der Waals surface area contributed by atoms with Crippen molar-refractivity contribution in [3.8, 4) is 5.69 Å². The Balaban J connectivity index is 2.05. The highest BCUT2D eigenvalue weighted by molar-refractivity contribution is 6.09. The molecule has 1 atom stereocenters. The molecule has 0 saturated carbocycles. The number of rotatable bonds is 6. The average molecular weight is 401 g/mol. The summed E-state index contributed by atoms with van der Waals surface area (Å²) >= 11 is 0. The molecule has 4 heteroatoms. The lowest BCUT2D eigenvalue weighted by molar-refractivity contribution is 0.601. The third-order valence-electron chi connectivity index (χ3n) is 5.86. The number of fused-ring (bicyclic) bond motifs is 3. The van der Waals surface area contributed by atoms with Gasteiger partial charge in [-0.25, -0.2) is 9.97 Å². The summed E-state index contributed by atoms with van der Waals surface area (Å²) in [6.45, 7) is 15.0. The van der Waals surface area contributed by atoms with Gasteiger partial charge in [0.1, 0.15) is 11.5 Å². The van der Waals surface area contributed by atoms with E-state index >= 15 is 0 Å². The molecule has 0 aliphatic carbocycles. The molecule has 2 aromatic heterocycles. The Kier molecular flexibility index (Phi) is 5.61. The quantitative estimate of drug-likeness (QED) is 0.409. The molecule has 1 unspecified atom stereocenters. The van der Waals surface area contributed by atoms with Gasteiger partial charge in [0.15, 0.2) is 0 Å². The normalized spacial score (nSPS) is 12.7. The third-order valence-corrected chi connectivity index (χ3v) is 5.86. The lowest BCUT2D eigenvalue weighted by Gasteiger charge is -2.16. The number of hydrogen-bond donors (Lipinski definition) is 1. The molecule has 0 fully saturated rings. The van der Waals surface area contributed by atoms with E-state index in [0.717, 1.165) is 36.7 Å². The Labute approximate surface area is 179 Å². The van der Waals surface area contributed by atoms with Crippen LogP contribution in [0.5, 0.6) is 0 Å². The van der Waals surface area contributed by atoms with Crippen LogP contribution in [0.25, 0.3) is 27.6 Å². The second-order valence-corrected chi connectivity index (χ2v) is 8.56. The minimum Gasteiger partial charge on any atom is -0.316 e. The van der Waals surface area contributed by atoms with Gasteiger partial charge in [0, 0.05) is 23.2 Å². The van der Waals surface area contributed by atoms with Crippen LogP contribution in [-0.4, -0.2) is 27.6 Å². The Morgan fingerprint density at radius 1 is 1.00 bits per heavy atom. The van der Waals surface area contributed by atoms with Crippen molar-refractivity contribution in [2.75, 3.05) is 13.1 Å². The van der Waals surface area contributed by atoms with Crippen molar-refractivity contribution in [3.63, 3.8) is 0 Å². The lowest BCUT2D eigenvalue weighted by atomic mass is 10.0. The molecule has 0 aliphatic rings. The highest BCUT2D eigenvalue weighted by Crippen LogP contribution is 2.36. The highest BCUT2D eigenvalue weighted by atomic mass is 15.1. The molecular weight excluding hydrogens is 368 g/mol. The number of para-hydroxylation sites is 1. The van der Waals surface area contributed by atoms with Crippen molar-refractivity contribution in [1.29, 1.82) is 0 Å². The van der Waals surface area contributed by atoms with Crippen molar-refractivity contribution in [2.24, 2.45) is 0 Å². The van der Waals surface area contributed by atoms with E-state index in [2.05, 4.69) is 80.9 Å². The van der Waals surface area contributed by atoms with E-state index in [-0.39, 0.29) is 0 Å². The van der Waals surface area contributed by atoms with Gasteiger partial charge >= 0.3 is 0 Å². The Hall–Kier alpha value is -2.72. The Bertz CT molecular complexity index is 1200. The van der Waals surface area contributed by atoms with Crippen LogP contribution in [0.15, 0.2) is 36.4 Å². The maximum atomic E-state index is 4.96. The van der Waals surface area contributed by atoms with E-state index in [1.54, 1.807) is 0 Å². The number of benzene rings is 2. The van der Waals surface area contributed by atoms with Gasteiger partial charge in [-0.2, -0.15) is 0 Å². The van der Waals surface area contributed by atoms with Gasteiger partial charge in [-0.1, -0.05) is 49.7 Å². The molecule has 0 amide bonds. The van der Waals surface area contributed by atoms with Crippen LogP contribution in [0.3, 0.4) is 0 Å². The van der Waals surface area contributed by atoms with E-state index in [1.807, 2.05) is 6.92 Å². The van der Waals surface area contributed by atoms with Gasteiger partial charge in [-0.15, -0.1) is 0 Å². The van der Waals surface area contributed by atoms with Gasteiger partial charge in [-0.3, -0.25) is 4.57 Å². The largest absolute Gasteiger partial charge is 0.316 e. The first-order chi connectivity index (χ1) is 14.4. The third kappa shape index (κ3) is 3.50. The molecule has 30 heavy (non-hydrogen) atoms. The molecule has 0 aliphatic heterocycles. The van der Waals surface area contributed by atoms with E-state index in [0.29, 0.717) is 5.92 Å². The highest BCUT2D eigenvalue weighted by Gasteiger charge is 2.22. The summed E-state index contributed by atoms with van der Waals surface area (Å²) < 4.78 is 2.35. The summed E-state index contributed by atoms with van der Waals surface area (Å²) in [7, 11) is 0. The molecule has 4 rings (SSSR count). The SMILES string of the molecule is CCCNCC(C)c1nc(C)nc2c1c1ccccc1n2-c1c(C)cc(C)cc1C. The zero-order valence-corrected chi connectivity index (χ0v) is 19.0. The molecular formula is C26H32N4. The minimum absolute atomic E-state index is 0.306. The summed E-state index contributed by atoms with van der Waals surface area (Å²) in [6.07, 6.45) is 1.14. The molecule has 2 heterocycles. The first-order valence-corrected chi connectivity index (χ1v) is 11.0. The number of hydrogen-bond acceptors (Lipinski definition) is 3. The molecule has 4 aromatic rings. The maximum absolute atomic E-state index is 4.96. The minimum atomic E-state index is 0.306. The molecule has 2 aromatic carbocycles. The number of aromatic nitrogens is 3. The van der Waals surface area contributed by atoms with E-state index in [4.69, 9.17) is 9.97 Å². The molecule has 0 saturated heterocycles. The average Bonchev–Trinajstić information content (AvgIpc) is 3.01. The molecule has 0 spiro atoms. The van der Waals surface area contributed by atoms with Crippen molar-refractivity contribution in [1.82, 2.24) is 19.9 Å². The molecule has 0 bridgehead atoms. The fourth-order valence-electron chi connectivity index (χ4n) is 4.69. The van der Waals surface area contributed by atoms with E-state index in [1.165, 1.54) is 38.7 Å². The van der Waals surface area contributed by atoms with Crippen molar-refractivity contribution in [3.05, 3.63) is 64.6 Å². The fourth-order valence-corrected chi connectivity index (χ4v) is 4.69. The lowest BCUT2D eigenvalue weighted by Crippen LogP contribution is -2.21. The monoisotopic (exact) mass is 400 g/mol. The predicted molar refractivity (Wildman–Crippen MR) is 127 cm³/mol. The second kappa shape index (κ2) is 8.19. The number of nitrogens with zero attached hydrogens (tertiary/aromatic N) is 3. The van der Waals surface area contributed by atoms with E-state index in [9.17, 15) is 0 Å². The zero-order valence-electron chi connectivity index (χ0n) is 19.0. The van der Waals surface area contributed by atoms with Crippen LogP contribution in [0.1, 0.15) is 54.4 Å². The maximum Gasteiger partial charge on any atom is 0.149 e. The topological polar surface area (TPSA) is 42.7 Å².